The Hall–Kier alpha value is -0.500. The standard InChI is InChI=1S/C17H23BrO/c1-11(2)19-15-7-5-13(6-8-15)17(18)16-10-12-3-4-14(16)9-12/h5-8,11-12,14,16-17H,3-4,9-10H2,1-2H3. The number of rotatable bonds is 4. The van der Waals surface area contributed by atoms with Gasteiger partial charge < -0.3 is 4.74 Å². The molecule has 0 heterocycles. The van der Waals surface area contributed by atoms with E-state index in [0.29, 0.717) is 4.83 Å². The number of fused-ring (bicyclic) bond motifs is 2. The van der Waals surface area contributed by atoms with Crippen molar-refractivity contribution in [1.82, 2.24) is 0 Å². The molecule has 4 atom stereocenters. The molecule has 0 radical (unpaired) electrons. The molecular formula is C17H23BrO. The number of hydrogen-bond donors (Lipinski definition) is 0. The summed E-state index contributed by atoms with van der Waals surface area (Å²) in [6.45, 7) is 4.13. The Morgan fingerprint density at radius 3 is 2.37 bits per heavy atom. The highest BCUT2D eigenvalue weighted by Gasteiger charge is 2.42. The van der Waals surface area contributed by atoms with Crippen LogP contribution in [0, 0.1) is 17.8 Å². The molecule has 0 aromatic heterocycles. The van der Waals surface area contributed by atoms with Gasteiger partial charge in [0.25, 0.3) is 0 Å². The molecule has 19 heavy (non-hydrogen) atoms. The fourth-order valence-electron chi connectivity index (χ4n) is 3.90. The van der Waals surface area contributed by atoms with Gasteiger partial charge in [-0.1, -0.05) is 34.5 Å². The summed E-state index contributed by atoms with van der Waals surface area (Å²) in [5, 5.41) is 0. The molecule has 1 nitrogen and oxygen atoms in total. The van der Waals surface area contributed by atoms with Crippen molar-refractivity contribution in [2.45, 2.75) is 50.5 Å². The molecule has 1 aromatic rings. The van der Waals surface area contributed by atoms with E-state index in [1.807, 2.05) is 0 Å². The smallest absolute Gasteiger partial charge is 0.119 e. The summed E-state index contributed by atoms with van der Waals surface area (Å²) in [6.07, 6.45) is 6.07. The molecule has 2 aliphatic carbocycles. The lowest BCUT2D eigenvalue weighted by Gasteiger charge is -2.27. The monoisotopic (exact) mass is 322 g/mol. The van der Waals surface area contributed by atoms with Gasteiger partial charge in [-0.15, -0.1) is 0 Å². The molecule has 2 heteroatoms. The Morgan fingerprint density at radius 2 is 1.84 bits per heavy atom. The molecule has 2 aliphatic rings. The summed E-state index contributed by atoms with van der Waals surface area (Å²) in [6, 6.07) is 8.67. The molecular weight excluding hydrogens is 300 g/mol. The molecule has 0 saturated heterocycles. The number of benzene rings is 1. The number of alkyl halides is 1. The quantitative estimate of drug-likeness (QED) is 0.679. The van der Waals surface area contributed by atoms with Crippen molar-refractivity contribution in [2.75, 3.05) is 0 Å². The number of halogens is 1. The minimum Gasteiger partial charge on any atom is -0.491 e. The number of ether oxygens (including phenoxy) is 1. The lowest BCUT2D eigenvalue weighted by molar-refractivity contribution is 0.242. The molecule has 4 unspecified atom stereocenters. The van der Waals surface area contributed by atoms with Crippen LogP contribution in [0.4, 0.5) is 0 Å². The molecule has 2 fully saturated rings. The second-order valence-electron chi connectivity index (χ2n) is 6.48. The van der Waals surface area contributed by atoms with E-state index < -0.39 is 0 Å². The first-order chi connectivity index (χ1) is 9.13. The maximum absolute atomic E-state index is 5.71. The van der Waals surface area contributed by atoms with Crippen molar-refractivity contribution in [2.24, 2.45) is 17.8 Å². The van der Waals surface area contributed by atoms with Crippen LogP contribution in [-0.2, 0) is 0 Å². The lowest BCUT2D eigenvalue weighted by atomic mass is 9.84. The van der Waals surface area contributed by atoms with E-state index in [0.717, 1.165) is 23.5 Å². The van der Waals surface area contributed by atoms with Crippen LogP contribution in [0.5, 0.6) is 5.75 Å². The van der Waals surface area contributed by atoms with E-state index >= 15 is 0 Å². The van der Waals surface area contributed by atoms with Crippen molar-refractivity contribution in [3.8, 4) is 5.75 Å². The van der Waals surface area contributed by atoms with Crippen molar-refractivity contribution >= 4 is 15.9 Å². The van der Waals surface area contributed by atoms with Crippen molar-refractivity contribution < 1.29 is 4.74 Å². The summed E-state index contributed by atoms with van der Waals surface area (Å²) < 4.78 is 5.71. The minimum atomic E-state index is 0.246. The maximum atomic E-state index is 5.71. The summed E-state index contributed by atoms with van der Waals surface area (Å²) in [4.78, 5) is 0.524. The van der Waals surface area contributed by atoms with Gasteiger partial charge in [-0.05, 0) is 68.6 Å². The average Bonchev–Trinajstić information content (AvgIpc) is 3.00. The molecule has 0 spiro atoms. The van der Waals surface area contributed by atoms with Crippen LogP contribution in [0.15, 0.2) is 24.3 Å². The van der Waals surface area contributed by atoms with Crippen LogP contribution in [0.2, 0.25) is 0 Å². The average molecular weight is 323 g/mol. The van der Waals surface area contributed by atoms with E-state index in [9.17, 15) is 0 Å². The predicted octanol–water partition coefficient (Wildman–Crippen LogP) is 5.35. The van der Waals surface area contributed by atoms with E-state index in [4.69, 9.17) is 4.74 Å². The van der Waals surface area contributed by atoms with Crippen LogP contribution in [0.1, 0.15) is 49.9 Å². The maximum Gasteiger partial charge on any atom is 0.119 e. The molecule has 104 valence electrons. The Bertz CT molecular complexity index is 425. The fraction of sp³-hybridized carbons (Fsp3) is 0.647. The van der Waals surface area contributed by atoms with Crippen LogP contribution < -0.4 is 4.74 Å². The van der Waals surface area contributed by atoms with Gasteiger partial charge in [-0.25, -0.2) is 0 Å². The molecule has 0 N–H and O–H groups in total. The zero-order chi connectivity index (χ0) is 13.4. The first-order valence-corrected chi connectivity index (χ1v) is 8.45. The van der Waals surface area contributed by atoms with Gasteiger partial charge in [0.2, 0.25) is 0 Å². The highest BCUT2D eigenvalue weighted by Crippen LogP contribution is 2.54. The zero-order valence-electron chi connectivity index (χ0n) is 11.8. The molecule has 0 aliphatic heterocycles. The van der Waals surface area contributed by atoms with Crippen LogP contribution >= 0.6 is 15.9 Å². The Balaban J connectivity index is 1.68. The molecule has 2 saturated carbocycles. The fourth-order valence-corrected chi connectivity index (χ4v) is 4.85. The second kappa shape index (κ2) is 5.47. The molecule has 0 amide bonds. The third-order valence-electron chi connectivity index (χ3n) is 4.74. The topological polar surface area (TPSA) is 9.23 Å². The van der Waals surface area contributed by atoms with Crippen molar-refractivity contribution in [3.63, 3.8) is 0 Å². The SMILES string of the molecule is CC(C)Oc1ccc(C(Br)C2CC3CCC2C3)cc1. The van der Waals surface area contributed by atoms with Crippen LogP contribution in [-0.4, -0.2) is 6.10 Å². The molecule has 1 aromatic carbocycles. The van der Waals surface area contributed by atoms with Gasteiger partial charge in [0.05, 0.1) is 6.10 Å². The van der Waals surface area contributed by atoms with Gasteiger partial charge in [0.15, 0.2) is 0 Å². The zero-order valence-corrected chi connectivity index (χ0v) is 13.4. The van der Waals surface area contributed by atoms with Crippen LogP contribution in [0.3, 0.4) is 0 Å². The summed E-state index contributed by atoms with van der Waals surface area (Å²) in [7, 11) is 0. The minimum absolute atomic E-state index is 0.246. The van der Waals surface area contributed by atoms with Crippen molar-refractivity contribution in [1.29, 1.82) is 0 Å². The second-order valence-corrected chi connectivity index (χ2v) is 7.46. The highest BCUT2D eigenvalue weighted by atomic mass is 79.9. The summed E-state index contributed by atoms with van der Waals surface area (Å²) >= 11 is 3.95. The lowest BCUT2D eigenvalue weighted by Crippen LogP contribution is -2.15. The van der Waals surface area contributed by atoms with Gasteiger partial charge in [0.1, 0.15) is 5.75 Å². The first kappa shape index (κ1) is 13.5. The van der Waals surface area contributed by atoms with Crippen LogP contribution in [0.25, 0.3) is 0 Å². The number of hydrogen-bond acceptors (Lipinski definition) is 1. The Kier molecular flexibility index (Phi) is 3.88. The Morgan fingerprint density at radius 1 is 1.11 bits per heavy atom. The van der Waals surface area contributed by atoms with E-state index in [-0.39, 0.29) is 6.10 Å². The van der Waals surface area contributed by atoms with Gasteiger partial charge >= 0.3 is 0 Å². The summed E-state index contributed by atoms with van der Waals surface area (Å²) in [5.41, 5.74) is 1.41. The van der Waals surface area contributed by atoms with Gasteiger partial charge in [0, 0.05) is 4.83 Å². The summed E-state index contributed by atoms with van der Waals surface area (Å²) in [5.74, 6) is 3.79. The predicted molar refractivity (Wildman–Crippen MR) is 82.8 cm³/mol. The van der Waals surface area contributed by atoms with E-state index in [2.05, 4.69) is 54.0 Å². The van der Waals surface area contributed by atoms with E-state index in [1.54, 1.807) is 0 Å². The molecule has 2 bridgehead atoms. The third-order valence-corrected chi connectivity index (χ3v) is 5.95. The van der Waals surface area contributed by atoms with Gasteiger partial charge in [-0.2, -0.15) is 0 Å². The largest absolute Gasteiger partial charge is 0.491 e. The van der Waals surface area contributed by atoms with Crippen molar-refractivity contribution in [3.05, 3.63) is 29.8 Å². The molecule has 3 rings (SSSR count). The first-order valence-electron chi connectivity index (χ1n) is 7.54. The third kappa shape index (κ3) is 2.84. The van der Waals surface area contributed by atoms with Gasteiger partial charge in [-0.3, -0.25) is 0 Å². The van der Waals surface area contributed by atoms with E-state index in [1.165, 1.54) is 31.2 Å². The Labute approximate surface area is 124 Å². The highest BCUT2D eigenvalue weighted by molar-refractivity contribution is 9.09. The normalized spacial score (nSPS) is 30.8.